The molecule has 0 bridgehead atoms. The van der Waals surface area contributed by atoms with E-state index in [0.717, 1.165) is 11.3 Å². The van der Waals surface area contributed by atoms with Crippen molar-refractivity contribution in [1.82, 2.24) is 15.1 Å². The number of nitrogens with zero attached hydrogens (tertiary/aromatic N) is 4. The highest BCUT2D eigenvalue weighted by Crippen LogP contribution is 2.19. The highest BCUT2D eigenvalue weighted by atomic mass is 16.5. The highest BCUT2D eigenvalue weighted by Gasteiger charge is 2.11. The Hall–Kier alpha value is -2.08. The molecule has 0 fully saturated rings. The molecule has 1 heterocycles. The van der Waals surface area contributed by atoms with E-state index in [1.54, 1.807) is 0 Å². The highest BCUT2D eigenvalue weighted by molar-refractivity contribution is 5.36. The number of aryl methyl sites for hydroxylation is 2. The van der Waals surface area contributed by atoms with Gasteiger partial charge in [-0.1, -0.05) is 17.2 Å². The van der Waals surface area contributed by atoms with Gasteiger partial charge >= 0.3 is 6.01 Å². The van der Waals surface area contributed by atoms with Gasteiger partial charge < -0.3 is 19.0 Å². The van der Waals surface area contributed by atoms with Crippen LogP contribution in [0.5, 0.6) is 5.75 Å². The van der Waals surface area contributed by atoms with Crippen LogP contribution in [-0.2, 0) is 6.54 Å². The average Bonchev–Trinajstić information content (AvgIpc) is 2.90. The van der Waals surface area contributed by atoms with E-state index in [0.29, 0.717) is 31.6 Å². The fraction of sp³-hybridized carbons (Fsp3) is 0.500. The predicted molar refractivity (Wildman–Crippen MR) is 86.4 cm³/mol. The third-order valence-corrected chi connectivity index (χ3v) is 3.26. The smallest absolute Gasteiger partial charge is 0.318 e. The second-order valence-electron chi connectivity index (χ2n) is 5.76. The fourth-order valence-corrected chi connectivity index (χ4v) is 1.98. The first-order chi connectivity index (χ1) is 10.5. The molecule has 0 aliphatic carbocycles. The van der Waals surface area contributed by atoms with Crippen LogP contribution in [-0.4, -0.2) is 49.4 Å². The zero-order valence-corrected chi connectivity index (χ0v) is 14.0. The summed E-state index contributed by atoms with van der Waals surface area (Å²) < 4.78 is 11.4. The van der Waals surface area contributed by atoms with Crippen LogP contribution in [0.3, 0.4) is 0 Å². The maximum atomic E-state index is 5.84. The Kier molecular flexibility index (Phi) is 5.38. The van der Waals surface area contributed by atoms with Gasteiger partial charge in [0, 0.05) is 7.05 Å². The number of ether oxygens (including phenoxy) is 1. The fourth-order valence-electron chi connectivity index (χ4n) is 1.98. The van der Waals surface area contributed by atoms with E-state index in [1.165, 1.54) is 5.56 Å². The maximum absolute atomic E-state index is 5.84. The quantitative estimate of drug-likeness (QED) is 0.782. The van der Waals surface area contributed by atoms with Crippen LogP contribution in [0.25, 0.3) is 0 Å². The van der Waals surface area contributed by atoms with E-state index >= 15 is 0 Å². The lowest BCUT2D eigenvalue weighted by atomic mass is 10.1. The van der Waals surface area contributed by atoms with Gasteiger partial charge in [0.2, 0.25) is 5.89 Å². The molecule has 0 aliphatic rings. The molecule has 2 rings (SSSR count). The Bertz CT molecular complexity index is 610. The summed E-state index contributed by atoms with van der Waals surface area (Å²) in [4.78, 5) is 3.89. The van der Waals surface area contributed by atoms with Gasteiger partial charge in [-0.2, -0.15) is 0 Å². The standard InChI is InChI=1S/C16H24N4O2/c1-12-6-7-13(2)14(10-12)21-9-8-20(5)16-18-17-15(22-16)11-19(3)4/h6-7,10H,8-9,11H2,1-5H3. The van der Waals surface area contributed by atoms with Crippen molar-refractivity contribution in [2.75, 3.05) is 39.2 Å². The number of hydrogen-bond donors (Lipinski definition) is 0. The Balaban J connectivity index is 1.86. The van der Waals surface area contributed by atoms with Crippen molar-refractivity contribution >= 4 is 6.01 Å². The van der Waals surface area contributed by atoms with Gasteiger partial charge in [-0.05, 0) is 45.1 Å². The lowest BCUT2D eigenvalue weighted by Gasteiger charge is -2.15. The van der Waals surface area contributed by atoms with Crippen LogP contribution in [0.15, 0.2) is 22.6 Å². The van der Waals surface area contributed by atoms with Crippen molar-refractivity contribution in [3.8, 4) is 5.75 Å². The van der Waals surface area contributed by atoms with Crippen molar-refractivity contribution in [3.63, 3.8) is 0 Å². The molecule has 0 atom stereocenters. The normalized spacial score (nSPS) is 11.0. The number of benzene rings is 1. The lowest BCUT2D eigenvalue weighted by molar-refractivity contribution is 0.316. The average molecular weight is 304 g/mol. The molecule has 0 saturated heterocycles. The Morgan fingerprint density at radius 1 is 1.14 bits per heavy atom. The van der Waals surface area contributed by atoms with Gasteiger partial charge in [0.05, 0.1) is 13.1 Å². The van der Waals surface area contributed by atoms with Crippen molar-refractivity contribution in [3.05, 3.63) is 35.2 Å². The molecule has 0 N–H and O–H groups in total. The van der Waals surface area contributed by atoms with E-state index in [2.05, 4.69) is 35.3 Å². The number of rotatable bonds is 7. The molecule has 0 spiro atoms. The van der Waals surface area contributed by atoms with Crippen molar-refractivity contribution < 1.29 is 9.15 Å². The van der Waals surface area contributed by atoms with Crippen molar-refractivity contribution in [1.29, 1.82) is 0 Å². The topological polar surface area (TPSA) is 54.6 Å². The minimum absolute atomic E-state index is 0.515. The summed E-state index contributed by atoms with van der Waals surface area (Å²) in [7, 11) is 5.84. The zero-order valence-electron chi connectivity index (χ0n) is 14.0. The number of anilines is 1. The zero-order chi connectivity index (χ0) is 16.1. The molecule has 0 radical (unpaired) electrons. The molecule has 0 amide bonds. The molecular formula is C16H24N4O2. The lowest BCUT2D eigenvalue weighted by Crippen LogP contribution is -2.24. The van der Waals surface area contributed by atoms with E-state index in [4.69, 9.17) is 9.15 Å². The summed E-state index contributed by atoms with van der Waals surface area (Å²) in [6.07, 6.45) is 0. The molecule has 0 saturated carbocycles. The number of likely N-dealkylation sites (N-methyl/N-ethyl adjacent to an activating group) is 1. The molecular weight excluding hydrogens is 280 g/mol. The molecule has 0 unspecified atom stereocenters. The first-order valence-corrected chi connectivity index (χ1v) is 7.34. The molecule has 1 aromatic carbocycles. The van der Waals surface area contributed by atoms with Crippen LogP contribution in [0.1, 0.15) is 17.0 Å². The molecule has 1 aromatic heterocycles. The van der Waals surface area contributed by atoms with E-state index < -0.39 is 0 Å². The minimum Gasteiger partial charge on any atom is -0.491 e. The second kappa shape index (κ2) is 7.26. The largest absolute Gasteiger partial charge is 0.491 e. The van der Waals surface area contributed by atoms with Crippen LogP contribution in [0, 0.1) is 13.8 Å². The first-order valence-electron chi connectivity index (χ1n) is 7.34. The van der Waals surface area contributed by atoms with E-state index in [-0.39, 0.29) is 0 Å². The third-order valence-electron chi connectivity index (χ3n) is 3.26. The van der Waals surface area contributed by atoms with Gasteiger partial charge in [-0.15, -0.1) is 5.10 Å². The second-order valence-corrected chi connectivity index (χ2v) is 5.76. The summed E-state index contributed by atoms with van der Waals surface area (Å²) >= 11 is 0. The number of aromatic nitrogens is 2. The Morgan fingerprint density at radius 3 is 2.64 bits per heavy atom. The summed E-state index contributed by atoms with van der Waals surface area (Å²) in [5.74, 6) is 1.54. The van der Waals surface area contributed by atoms with Crippen LogP contribution in [0.4, 0.5) is 6.01 Å². The summed E-state index contributed by atoms with van der Waals surface area (Å²) in [5.41, 5.74) is 2.33. The van der Waals surface area contributed by atoms with Gasteiger partial charge in [-0.3, -0.25) is 0 Å². The van der Waals surface area contributed by atoms with Crippen LogP contribution >= 0.6 is 0 Å². The van der Waals surface area contributed by atoms with Gasteiger partial charge in [-0.25, -0.2) is 0 Å². The summed E-state index contributed by atoms with van der Waals surface area (Å²) in [6.45, 7) is 5.98. The van der Waals surface area contributed by atoms with Gasteiger partial charge in [0.15, 0.2) is 0 Å². The molecule has 120 valence electrons. The Labute approximate surface area is 131 Å². The predicted octanol–water partition coefficient (Wildman–Crippen LogP) is 2.26. The van der Waals surface area contributed by atoms with E-state index in [9.17, 15) is 0 Å². The maximum Gasteiger partial charge on any atom is 0.318 e. The third kappa shape index (κ3) is 4.46. The molecule has 0 aliphatic heterocycles. The van der Waals surface area contributed by atoms with Crippen LogP contribution < -0.4 is 9.64 Å². The summed E-state index contributed by atoms with van der Waals surface area (Å²) in [6, 6.07) is 6.72. The van der Waals surface area contributed by atoms with E-state index in [1.807, 2.05) is 37.9 Å². The van der Waals surface area contributed by atoms with Gasteiger partial charge in [0.25, 0.3) is 0 Å². The first kappa shape index (κ1) is 16.3. The van der Waals surface area contributed by atoms with Crippen molar-refractivity contribution in [2.45, 2.75) is 20.4 Å². The minimum atomic E-state index is 0.515. The summed E-state index contributed by atoms with van der Waals surface area (Å²) in [5, 5.41) is 8.08. The number of hydrogen-bond acceptors (Lipinski definition) is 6. The van der Waals surface area contributed by atoms with Crippen LogP contribution in [0.2, 0.25) is 0 Å². The molecule has 6 nitrogen and oxygen atoms in total. The monoisotopic (exact) mass is 304 g/mol. The molecule has 2 aromatic rings. The Morgan fingerprint density at radius 2 is 1.91 bits per heavy atom. The van der Waals surface area contributed by atoms with Crippen molar-refractivity contribution in [2.24, 2.45) is 0 Å². The molecule has 22 heavy (non-hydrogen) atoms. The molecule has 6 heteroatoms. The SMILES string of the molecule is Cc1ccc(C)c(OCCN(C)c2nnc(CN(C)C)o2)c1. The van der Waals surface area contributed by atoms with Gasteiger partial charge in [0.1, 0.15) is 12.4 Å².